The number of hydrogen-bond acceptors (Lipinski definition) is 2. The van der Waals surface area contributed by atoms with Gasteiger partial charge in [0.25, 0.3) is 0 Å². The number of hydrogen-bond donors (Lipinski definition) is 0. The molecular weight excluding hydrogens is 495 g/mol. The average molecular weight is 510 g/mol. The van der Waals surface area contributed by atoms with E-state index in [1.54, 1.807) is 0 Å². The predicted molar refractivity (Wildman–Crippen MR) is 137 cm³/mol. The van der Waals surface area contributed by atoms with E-state index in [1.165, 1.54) is 25.5 Å². The number of furan rings is 2. The molecule has 7 rings (SSSR count). The van der Waals surface area contributed by atoms with Gasteiger partial charge >= 0.3 is 0 Å². The van der Waals surface area contributed by atoms with E-state index in [1.807, 2.05) is 12.1 Å². The van der Waals surface area contributed by atoms with Crippen LogP contribution in [0.25, 0.3) is 65.8 Å². The van der Waals surface area contributed by atoms with Crippen LogP contribution in [0.3, 0.4) is 0 Å². The molecule has 0 aliphatic carbocycles. The van der Waals surface area contributed by atoms with Crippen molar-refractivity contribution in [3.05, 3.63) is 94.6 Å². The summed E-state index contributed by atoms with van der Waals surface area (Å²) in [4.78, 5) is 0. The third-order valence-electron chi connectivity index (χ3n) is 6.11. The molecule has 0 aliphatic rings. The normalized spacial score (nSPS) is 12.0. The van der Waals surface area contributed by atoms with Crippen LogP contribution in [-0.2, 0) is 0 Å². The Morgan fingerprint density at radius 1 is 0.484 bits per heavy atom. The fourth-order valence-corrected chi connectivity index (χ4v) is 5.31. The largest absolute Gasteiger partial charge is 0.452 e. The van der Waals surface area contributed by atoms with E-state index in [-0.39, 0.29) is 0 Å². The van der Waals surface area contributed by atoms with Crippen molar-refractivity contribution in [3.63, 3.8) is 0 Å². The van der Waals surface area contributed by atoms with Crippen LogP contribution >= 0.6 is 22.6 Å². The van der Waals surface area contributed by atoms with Gasteiger partial charge in [-0.3, -0.25) is 0 Å². The molecule has 0 radical (unpaired) electrons. The number of halogens is 1. The highest BCUT2D eigenvalue weighted by atomic mass is 127. The van der Waals surface area contributed by atoms with Gasteiger partial charge < -0.3 is 8.83 Å². The molecule has 7 aromatic rings. The quantitative estimate of drug-likeness (QED) is 0.206. The summed E-state index contributed by atoms with van der Waals surface area (Å²) in [6.07, 6.45) is 0. The van der Waals surface area contributed by atoms with Crippen molar-refractivity contribution in [3.8, 4) is 11.1 Å². The van der Waals surface area contributed by atoms with Crippen molar-refractivity contribution in [2.45, 2.75) is 0 Å². The van der Waals surface area contributed by atoms with Crippen LogP contribution in [0.15, 0.2) is 99.8 Å². The Bertz CT molecular complexity index is 1800. The maximum atomic E-state index is 6.42. The summed E-state index contributed by atoms with van der Waals surface area (Å²) in [5.74, 6) is 0. The molecule has 2 heterocycles. The maximum Gasteiger partial charge on any atom is 0.179 e. The zero-order valence-corrected chi connectivity index (χ0v) is 18.5. The molecule has 0 amide bonds. The van der Waals surface area contributed by atoms with Crippen LogP contribution in [0, 0.1) is 3.57 Å². The zero-order valence-electron chi connectivity index (χ0n) is 16.4. The Hall–Kier alpha value is -3.31. The Labute approximate surface area is 191 Å². The van der Waals surface area contributed by atoms with Crippen molar-refractivity contribution in [1.82, 2.24) is 0 Å². The van der Waals surface area contributed by atoms with Crippen molar-refractivity contribution in [1.29, 1.82) is 0 Å². The molecule has 0 unspecified atom stereocenters. The van der Waals surface area contributed by atoms with Crippen molar-refractivity contribution >= 4 is 77.2 Å². The van der Waals surface area contributed by atoms with E-state index in [0.29, 0.717) is 0 Å². The third kappa shape index (κ3) is 2.44. The first-order chi connectivity index (χ1) is 15.3. The molecule has 0 bridgehead atoms. The molecule has 2 aromatic heterocycles. The number of rotatable bonds is 1. The monoisotopic (exact) mass is 510 g/mol. The molecule has 31 heavy (non-hydrogen) atoms. The molecule has 0 aliphatic heterocycles. The lowest BCUT2D eigenvalue weighted by Crippen LogP contribution is -1.80. The van der Waals surface area contributed by atoms with Gasteiger partial charge in [-0.25, -0.2) is 0 Å². The standard InChI is InChI=1S/C28H15IO2/c29-18-7-5-6-16(14-18)17-12-13-24-22(15-17)26-20-9-2-1-8-19(20)25-21-10-3-4-11-23(21)30-27(25)28(26)31-24/h1-15H. The van der Waals surface area contributed by atoms with Gasteiger partial charge in [0.15, 0.2) is 11.2 Å². The van der Waals surface area contributed by atoms with E-state index in [2.05, 4.69) is 101 Å². The molecule has 0 saturated carbocycles. The molecule has 0 saturated heterocycles. The van der Waals surface area contributed by atoms with Crippen LogP contribution < -0.4 is 0 Å². The lowest BCUT2D eigenvalue weighted by Gasteiger charge is -2.04. The van der Waals surface area contributed by atoms with Crippen LogP contribution in [-0.4, -0.2) is 0 Å². The topological polar surface area (TPSA) is 26.3 Å². The summed E-state index contributed by atoms with van der Waals surface area (Å²) in [6.45, 7) is 0. The van der Waals surface area contributed by atoms with Gasteiger partial charge in [0.2, 0.25) is 0 Å². The fourth-order valence-electron chi connectivity index (χ4n) is 4.76. The molecule has 146 valence electrons. The van der Waals surface area contributed by atoms with E-state index in [4.69, 9.17) is 8.83 Å². The summed E-state index contributed by atoms with van der Waals surface area (Å²) in [7, 11) is 0. The zero-order chi connectivity index (χ0) is 20.5. The van der Waals surface area contributed by atoms with Gasteiger partial charge in [0, 0.05) is 25.1 Å². The minimum absolute atomic E-state index is 0.819. The van der Waals surface area contributed by atoms with Gasteiger partial charge in [-0.05, 0) is 74.8 Å². The molecule has 0 spiro atoms. The predicted octanol–water partition coefficient (Wildman–Crippen LogP) is 8.91. The van der Waals surface area contributed by atoms with E-state index < -0.39 is 0 Å². The highest BCUT2D eigenvalue weighted by Crippen LogP contribution is 2.45. The maximum absolute atomic E-state index is 6.42. The van der Waals surface area contributed by atoms with E-state index in [0.717, 1.165) is 43.9 Å². The van der Waals surface area contributed by atoms with Gasteiger partial charge in [-0.1, -0.05) is 60.7 Å². The Kier molecular flexibility index (Phi) is 3.56. The van der Waals surface area contributed by atoms with Gasteiger partial charge in [-0.15, -0.1) is 0 Å². The van der Waals surface area contributed by atoms with E-state index >= 15 is 0 Å². The van der Waals surface area contributed by atoms with Gasteiger partial charge in [-0.2, -0.15) is 0 Å². The minimum atomic E-state index is 0.819. The lowest BCUT2D eigenvalue weighted by atomic mass is 9.97. The molecule has 0 fully saturated rings. The second-order valence-electron chi connectivity index (χ2n) is 7.88. The number of benzene rings is 5. The summed E-state index contributed by atoms with van der Waals surface area (Å²) < 4.78 is 14.0. The second-order valence-corrected chi connectivity index (χ2v) is 9.12. The summed E-state index contributed by atoms with van der Waals surface area (Å²) in [6, 6.07) is 31.8. The average Bonchev–Trinajstić information content (AvgIpc) is 3.38. The lowest BCUT2D eigenvalue weighted by molar-refractivity contribution is 0.633. The van der Waals surface area contributed by atoms with Crippen molar-refractivity contribution < 1.29 is 8.83 Å². The van der Waals surface area contributed by atoms with Gasteiger partial charge in [0.05, 0.1) is 0 Å². The SMILES string of the molecule is Ic1cccc(-c2ccc3oc4c5oc6ccccc6c5c5ccccc5c4c3c2)c1. The van der Waals surface area contributed by atoms with Crippen molar-refractivity contribution in [2.75, 3.05) is 0 Å². The highest BCUT2D eigenvalue weighted by Gasteiger charge is 2.20. The van der Waals surface area contributed by atoms with Crippen LogP contribution in [0.4, 0.5) is 0 Å². The molecule has 2 nitrogen and oxygen atoms in total. The van der Waals surface area contributed by atoms with Gasteiger partial charge in [0.1, 0.15) is 11.2 Å². The fraction of sp³-hybridized carbons (Fsp3) is 0. The molecule has 0 atom stereocenters. The number of fused-ring (bicyclic) bond motifs is 10. The first-order valence-corrected chi connectivity index (χ1v) is 11.3. The van der Waals surface area contributed by atoms with Crippen LogP contribution in [0.5, 0.6) is 0 Å². The molecule has 5 aromatic carbocycles. The summed E-state index contributed by atoms with van der Waals surface area (Å²) >= 11 is 2.36. The van der Waals surface area contributed by atoms with E-state index in [9.17, 15) is 0 Å². The smallest absolute Gasteiger partial charge is 0.179 e. The highest BCUT2D eigenvalue weighted by molar-refractivity contribution is 14.1. The molecular formula is C28H15IO2. The van der Waals surface area contributed by atoms with Crippen LogP contribution in [0.2, 0.25) is 0 Å². The third-order valence-corrected chi connectivity index (χ3v) is 6.78. The Morgan fingerprint density at radius 2 is 1.10 bits per heavy atom. The summed E-state index contributed by atoms with van der Waals surface area (Å²) in [5.41, 5.74) is 5.79. The first-order valence-electron chi connectivity index (χ1n) is 10.2. The molecule has 0 N–H and O–H groups in total. The second kappa shape index (κ2) is 6.34. The Morgan fingerprint density at radius 3 is 1.84 bits per heavy atom. The summed E-state index contributed by atoms with van der Waals surface area (Å²) in [5, 5.41) is 6.85. The minimum Gasteiger partial charge on any atom is -0.452 e. The Balaban J connectivity index is 1.69. The van der Waals surface area contributed by atoms with Crippen molar-refractivity contribution in [2.24, 2.45) is 0 Å². The van der Waals surface area contributed by atoms with Crippen LogP contribution in [0.1, 0.15) is 0 Å². The number of para-hydroxylation sites is 1. The first kappa shape index (κ1) is 17.4. The molecule has 3 heteroatoms.